The molecule has 2 rings (SSSR count). The molecule has 0 aromatic heterocycles. The predicted molar refractivity (Wildman–Crippen MR) is 71.3 cm³/mol. The summed E-state index contributed by atoms with van der Waals surface area (Å²) in [7, 11) is 1.50. The van der Waals surface area contributed by atoms with Crippen molar-refractivity contribution in [2.24, 2.45) is 5.73 Å². The maximum atomic E-state index is 12.0. The van der Waals surface area contributed by atoms with Crippen LogP contribution in [0, 0.1) is 0 Å². The van der Waals surface area contributed by atoms with Gasteiger partial charge in [0.05, 0.1) is 12.8 Å². The highest BCUT2D eigenvalue weighted by Gasteiger charge is 2.19. The molecule has 0 spiro atoms. The first-order valence-electron chi connectivity index (χ1n) is 6.15. The number of nitrogens with zero attached hydrogens (tertiary/aromatic N) is 1. The lowest BCUT2D eigenvalue weighted by atomic mass is 10.2. The van der Waals surface area contributed by atoms with E-state index >= 15 is 0 Å². The maximum absolute atomic E-state index is 12.0. The molecule has 0 aliphatic carbocycles. The highest BCUT2D eigenvalue weighted by molar-refractivity contribution is 5.97. The van der Waals surface area contributed by atoms with Crippen LogP contribution in [-0.2, 0) is 0 Å². The first-order chi connectivity index (χ1) is 9.11. The van der Waals surface area contributed by atoms with Crippen LogP contribution in [0.3, 0.4) is 0 Å². The molecule has 6 nitrogen and oxygen atoms in total. The fourth-order valence-electron chi connectivity index (χ4n) is 2.07. The molecule has 3 amide bonds. The second-order valence-corrected chi connectivity index (χ2v) is 4.40. The van der Waals surface area contributed by atoms with Crippen molar-refractivity contribution in [1.29, 1.82) is 0 Å². The minimum absolute atomic E-state index is 0.183. The highest BCUT2D eigenvalue weighted by Crippen LogP contribution is 2.26. The summed E-state index contributed by atoms with van der Waals surface area (Å²) in [5.41, 5.74) is 6.01. The average Bonchev–Trinajstić information content (AvgIpc) is 2.92. The molecule has 3 N–H and O–H groups in total. The third-order valence-electron chi connectivity index (χ3n) is 3.12. The van der Waals surface area contributed by atoms with Crippen molar-refractivity contribution in [2.75, 3.05) is 25.5 Å². The fourth-order valence-corrected chi connectivity index (χ4v) is 2.07. The number of anilines is 1. The van der Waals surface area contributed by atoms with Gasteiger partial charge in [0, 0.05) is 18.7 Å². The van der Waals surface area contributed by atoms with Crippen LogP contribution in [0.25, 0.3) is 0 Å². The summed E-state index contributed by atoms with van der Waals surface area (Å²) in [5, 5.41) is 2.75. The summed E-state index contributed by atoms with van der Waals surface area (Å²) in [4.78, 5) is 24.9. The Labute approximate surface area is 111 Å². The summed E-state index contributed by atoms with van der Waals surface area (Å²) < 4.78 is 5.16. The summed E-state index contributed by atoms with van der Waals surface area (Å²) in [6.07, 6.45) is 2.04. The summed E-state index contributed by atoms with van der Waals surface area (Å²) in [6.45, 7) is 1.51. The minimum Gasteiger partial charge on any atom is -0.495 e. The van der Waals surface area contributed by atoms with E-state index < -0.39 is 5.91 Å². The van der Waals surface area contributed by atoms with Crippen molar-refractivity contribution in [1.82, 2.24) is 4.90 Å². The zero-order valence-electron chi connectivity index (χ0n) is 10.8. The first-order valence-corrected chi connectivity index (χ1v) is 6.15. The molecule has 0 atom stereocenters. The quantitative estimate of drug-likeness (QED) is 0.865. The number of urea groups is 1. The molecule has 102 valence electrons. The van der Waals surface area contributed by atoms with Gasteiger partial charge in [-0.2, -0.15) is 0 Å². The Morgan fingerprint density at radius 1 is 1.32 bits per heavy atom. The Balaban J connectivity index is 2.19. The lowest BCUT2D eigenvalue weighted by molar-refractivity contribution is 0.1000. The number of ether oxygens (including phenoxy) is 1. The number of likely N-dealkylation sites (tertiary alicyclic amines) is 1. The zero-order valence-corrected chi connectivity index (χ0v) is 10.8. The van der Waals surface area contributed by atoms with Gasteiger partial charge in [-0.3, -0.25) is 4.79 Å². The Kier molecular flexibility index (Phi) is 3.89. The summed E-state index contributed by atoms with van der Waals surface area (Å²) in [6, 6.07) is 4.51. The molecule has 0 unspecified atom stereocenters. The van der Waals surface area contributed by atoms with E-state index in [2.05, 4.69) is 5.32 Å². The van der Waals surface area contributed by atoms with Crippen LogP contribution in [-0.4, -0.2) is 37.0 Å². The number of nitrogens with two attached hydrogens (primary N) is 1. The normalized spacial score (nSPS) is 14.3. The standard InChI is InChI=1S/C13H17N3O3/c1-19-11-5-4-9(12(14)17)8-10(11)15-13(18)16-6-2-3-7-16/h4-5,8H,2-3,6-7H2,1H3,(H2,14,17)(H,15,18). The molecule has 0 radical (unpaired) electrons. The van der Waals surface area contributed by atoms with Crippen LogP contribution in [0.1, 0.15) is 23.2 Å². The summed E-state index contributed by atoms with van der Waals surface area (Å²) >= 11 is 0. The zero-order chi connectivity index (χ0) is 13.8. The van der Waals surface area contributed by atoms with Crippen LogP contribution in [0.5, 0.6) is 5.75 Å². The van der Waals surface area contributed by atoms with E-state index in [-0.39, 0.29) is 6.03 Å². The molecule has 0 saturated carbocycles. The van der Waals surface area contributed by atoms with Crippen LogP contribution in [0.4, 0.5) is 10.5 Å². The van der Waals surface area contributed by atoms with E-state index in [1.807, 2.05) is 0 Å². The highest BCUT2D eigenvalue weighted by atomic mass is 16.5. The molecule has 1 saturated heterocycles. The average molecular weight is 263 g/mol. The number of carbonyl (C=O) groups is 2. The molecule has 0 bridgehead atoms. The topological polar surface area (TPSA) is 84.7 Å². The first kappa shape index (κ1) is 13.2. The second kappa shape index (κ2) is 5.60. The van der Waals surface area contributed by atoms with E-state index in [1.165, 1.54) is 13.2 Å². The van der Waals surface area contributed by atoms with E-state index in [0.29, 0.717) is 17.0 Å². The van der Waals surface area contributed by atoms with Crippen molar-refractivity contribution in [3.05, 3.63) is 23.8 Å². The lowest BCUT2D eigenvalue weighted by Gasteiger charge is -2.18. The summed E-state index contributed by atoms with van der Waals surface area (Å²) in [5.74, 6) is -0.0446. The number of benzene rings is 1. The van der Waals surface area contributed by atoms with Gasteiger partial charge < -0.3 is 20.7 Å². The van der Waals surface area contributed by atoms with Crippen LogP contribution >= 0.6 is 0 Å². The van der Waals surface area contributed by atoms with Gasteiger partial charge in [-0.15, -0.1) is 0 Å². The van der Waals surface area contributed by atoms with Crippen LogP contribution < -0.4 is 15.8 Å². The largest absolute Gasteiger partial charge is 0.495 e. The molecule has 6 heteroatoms. The third-order valence-corrected chi connectivity index (χ3v) is 3.12. The Bertz CT molecular complexity index is 496. The van der Waals surface area contributed by atoms with Gasteiger partial charge in [0.2, 0.25) is 5.91 Å². The third kappa shape index (κ3) is 2.96. The van der Waals surface area contributed by atoms with Crippen molar-refractivity contribution in [3.63, 3.8) is 0 Å². The van der Waals surface area contributed by atoms with Gasteiger partial charge >= 0.3 is 6.03 Å². The van der Waals surface area contributed by atoms with Gasteiger partial charge in [0.15, 0.2) is 0 Å². The van der Waals surface area contributed by atoms with Crippen molar-refractivity contribution < 1.29 is 14.3 Å². The molecular weight excluding hydrogens is 246 g/mol. The van der Waals surface area contributed by atoms with Crippen molar-refractivity contribution in [2.45, 2.75) is 12.8 Å². The molecule has 1 aliphatic rings. The maximum Gasteiger partial charge on any atom is 0.321 e. The number of amides is 3. The Hall–Kier alpha value is -2.24. The number of hydrogen-bond donors (Lipinski definition) is 2. The molecule has 1 aromatic rings. The molecule has 1 aliphatic heterocycles. The molecule has 1 fully saturated rings. The number of hydrogen-bond acceptors (Lipinski definition) is 3. The number of nitrogens with one attached hydrogen (secondary N) is 1. The van der Waals surface area contributed by atoms with Crippen molar-refractivity contribution in [3.8, 4) is 5.75 Å². The number of methoxy groups -OCH3 is 1. The lowest BCUT2D eigenvalue weighted by Crippen LogP contribution is -2.32. The smallest absolute Gasteiger partial charge is 0.321 e. The van der Waals surface area contributed by atoms with Gasteiger partial charge in [0.25, 0.3) is 0 Å². The monoisotopic (exact) mass is 263 g/mol. The van der Waals surface area contributed by atoms with Gasteiger partial charge in [-0.1, -0.05) is 0 Å². The SMILES string of the molecule is COc1ccc(C(N)=O)cc1NC(=O)N1CCCC1. The number of rotatable bonds is 3. The number of primary amides is 1. The second-order valence-electron chi connectivity index (χ2n) is 4.40. The van der Waals surface area contributed by atoms with E-state index in [9.17, 15) is 9.59 Å². The molecule has 1 heterocycles. The fraction of sp³-hybridized carbons (Fsp3) is 0.385. The molecule has 1 aromatic carbocycles. The van der Waals surface area contributed by atoms with Crippen molar-refractivity contribution >= 4 is 17.6 Å². The minimum atomic E-state index is -0.542. The van der Waals surface area contributed by atoms with Gasteiger partial charge in [0.1, 0.15) is 5.75 Å². The van der Waals surface area contributed by atoms with Crippen LogP contribution in [0.15, 0.2) is 18.2 Å². The molecule has 19 heavy (non-hydrogen) atoms. The Morgan fingerprint density at radius 2 is 2.00 bits per heavy atom. The van der Waals surface area contributed by atoms with E-state index in [0.717, 1.165) is 25.9 Å². The molecular formula is C13H17N3O3. The van der Waals surface area contributed by atoms with E-state index in [4.69, 9.17) is 10.5 Å². The van der Waals surface area contributed by atoms with E-state index in [1.54, 1.807) is 17.0 Å². The van der Waals surface area contributed by atoms with Gasteiger partial charge in [-0.25, -0.2) is 4.79 Å². The predicted octanol–water partition coefficient (Wildman–Crippen LogP) is 1.42. The van der Waals surface area contributed by atoms with Gasteiger partial charge in [-0.05, 0) is 31.0 Å². The Morgan fingerprint density at radius 3 is 2.58 bits per heavy atom. The van der Waals surface area contributed by atoms with Crippen LogP contribution in [0.2, 0.25) is 0 Å². The number of carbonyl (C=O) groups excluding carboxylic acids is 2.